The van der Waals surface area contributed by atoms with Crippen LogP contribution in [0, 0.1) is 0 Å². The molecule has 0 aromatic carbocycles. The number of amides is 2. The van der Waals surface area contributed by atoms with E-state index in [1.54, 1.807) is 0 Å². The summed E-state index contributed by atoms with van der Waals surface area (Å²) in [6, 6.07) is -0.749. The third-order valence-corrected chi connectivity index (χ3v) is 1.57. The van der Waals surface area contributed by atoms with Gasteiger partial charge in [0.15, 0.2) is 0 Å². The number of piperazine rings is 1. The number of nitrogens with one attached hydrogen (secondary N) is 1. The monoisotopic (exact) mass is 158 g/mol. The quantitative estimate of drug-likeness (QED) is 0.461. The second-order valence-corrected chi connectivity index (χ2v) is 2.50. The van der Waals surface area contributed by atoms with Crippen molar-refractivity contribution < 1.29 is 14.7 Å². The summed E-state index contributed by atoms with van der Waals surface area (Å²) in [4.78, 5) is 23.1. The first-order valence-corrected chi connectivity index (χ1v) is 3.30. The summed E-state index contributed by atoms with van der Waals surface area (Å²) in [7, 11) is 1.53. The number of nitrogens with zero attached hydrogens (tertiary/aromatic N) is 1. The van der Waals surface area contributed by atoms with Gasteiger partial charge in [-0.2, -0.15) is 0 Å². The highest BCUT2D eigenvalue weighted by molar-refractivity contribution is 5.94. The van der Waals surface area contributed by atoms with Gasteiger partial charge in [-0.05, 0) is 0 Å². The van der Waals surface area contributed by atoms with Gasteiger partial charge in [0.2, 0.25) is 11.8 Å². The Kier molecular flexibility index (Phi) is 2.09. The Balaban J connectivity index is 2.66. The molecule has 0 unspecified atom stereocenters. The molecule has 1 fully saturated rings. The molecule has 0 aromatic heterocycles. The number of rotatable bonds is 1. The Hall–Kier alpha value is -1.10. The highest BCUT2D eigenvalue weighted by Crippen LogP contribution is 1.97. The molecule has 5 nitrogen and oxygen atoms in total. The van der Waals surface area contributed by atoms with Crippen LogP contribution in [-0.2, 0) is 9.59 Å². The molecule has 0 spiro atoms. The molecular formula is C6H10N2O3. The van der Waals surface area contributed by atoms with Crippen LogP contribution >= 0.6 is 0 Å². The molecule has 0 aromatic rings. The average Bonchev–Trinajstić information content (AvgIpc) is 1.96. The van der Waals surface area contributed by atoms with E-state index >= 15 is 0 Å². The predicted molar refractivity (Wildman–Crippen MR) is 36.7 cm³/mol. The fourth-order valence-electron chi connectivity index (χ4n) is 0.985. The van der Waals surface area contributed by atoms with Gasteiger partial charge >= 0.3 is 0 Å². The minimum absolute atomic E-state index is 0.0787. The van der Waals surface area contributed by atoms with Crippen molar-refractivity contribution >= 4 is 11.8 Å². The van der Waals surface area contributed by atoms with Crippen LogP contribution < -0.4 is 5.32 Å². The van der Waals surface area contributed by atoms with Crippen molar-refractivity contribution in [1.29, 1.82) is 0 Å². The minimum Gasteiger partial charge on any atom is -0.394 e. The Morgan fingerprint density at radius 2 is 2.36 bits per heavy atom. The summed E-state index contributed by atoms with van der Waals surface area (Å²) in [5, 5.41) is 11.0. The Morgan fingerprint density at radius 1 is 1.73 bits per heavy atom. The zero-order valence-electron chi connectivity index (χ0n) is 6.20. The van der Waals surface area contributed by atoms with E-state index in [-0.39, 0.29) is 25.0 Å². The van der Waals surface area contributed by atoms with Crippen molar-refractivity contribution in [2.45, 2.75) is 6.04 Å². The van der Waals surface area contributed by atoms with Gasteiger partial charge in [0.1, 0.15) is 6.04 Å². The van der Waals surface area contributed by atoms with Crippen LogP contribution in [0.15, 0.2) is 0 Å². The molecule has 0 saturated carbocycles. The second-order valence-electron chi connectivity index (χ2n) is 2.50. The highest BCUT2D eigenvalue weighted by atomic mass is 16.3. The lowest BCUT2D eigenvalue weighted by Crippen LogP contribution is -2.57. The summed E-state index contributed by atoms with van der Waals surface area (Å²) in [6.07, 6.45) is 0. The first-order chi connectivity index (χ1) is 5.15. The van der Waals surface area contributed by atoms with Crippen molar-refractivity contribution in [3.05, 3.63) is 0 Å². The third-order valence-electron chi connectivity index (χ3n) is 1.57. The van der Waals surface area contributed by atoms with Crippen LogP contribution in [-0.4, -0.2) is 48.1 Å². The SMILES string of the molecule is CN1CC(=O)N[C@@H](CO)C1=O. The molecule has 1 rings (SSSR count). The fourth-order valence-corrected chi connectivity index (χ4v) is 0.985. The highest BCUT2D eigenvalue weighted by Gasteiger charge is 2.29. The zero-order valence-corrected chi connectivity index (χ0v) is 6.20. The van der Waals surface area contributed by atoms with Crippen molar-refractivity contribution in [2.75, 3.05) is 20.2 Å². The number of likely N-dealkylation sites (N-methyl/N-ethyl adjacent to an activating group) is 1. The Morgan fingerprint density at radius 3 is 2.91 bits per heavy atom. The number of carbonyl (C=O) groups excluding carboxylic acids is 2. The van der Waals surface area contributed by atoms with E-state index in [4.69, 9.17) is 5.11 Å². The van der Waals surface area contributed by atoms with Gasteiger partial charge in [-0.15, -0.1) is 0 Å². The topological polar surface area (TPSA) is 69.6 Å². The van der Waals surface area contributed by atoms with Crippen molar-refractivity contribution in [3.8, 4) is 0 Å². The molecular weight excluding hydrogens is 148 g/mol. The molecule has 62 valence electrons. The van der Waals surface area contributed by atoms with Gasteiger partial charge in [0.05, 0.1) is 13.2 Å². The van der Waals surface area contributed by atoms with Crippen LogP contribution in [0.2, 0.25) is 0 Å². The molecule has 11 heavy (non-hydrogen) atoms. The minimum atomic E-state index is -0.749. The van der Waals surface area contributed by atoms with E-state index in [1.165, 1.54) is 11.9 Å². The summed E-state index contributed by atoms with van der Waals surface area (Å²) >= 11 is 0. The predicted octanol–water partition coefficient (Wildman–Crippen LogP) is -2.06. The van der Waals surface area contributed by atoms with E-state index in [2.05, 4.69) is 5.32 Å². The number of carbonyl (C=O) groups is 2. The molecule has 5 heteroatoms. The largest absolute Gasteiger partial charge is 0.394 e. The maximum absolute atomic E-state index is 11.1. The van der Waals surface area contributed by atoms with E-state index in [1.807, 2.05) is 0 Å². The lowest BCUT2D eigenvalue weighted by atomic mass is 10.2. The molecule has 2 amide bonds. The maximum atomic E-state index is 11.1. The maximum Gasteiger partial charge on any atom is 0.247 e. The van der Waals surface area contributed by atoms with Gasteiger partial charge in [-0.25, -0.2) is 0 Å². The average molecular weight is 158 g/mol. The van der Waals surface area contributed by atoms with Crippen LogP contribution in [0.5, 0.6) is 0 Å². The normalized spacial score (nSPS) is 25.3. The van der Waals surface area contributed by atoms with Crippen molar-refractivity contribution in [1.82, 2.24) is 10.2 Å². The third kappa shape index (κ3) is 1.48. The molecule has 1 atom stereocenters. The molecule has 1 heterocycles. The van der Waals surface area contributed by atoms with Crippen molar-refractivity contribution in [3.63, 3.8) is 0 Å². The summed E-state index contributed by atoms with van der Waals surface area (Å²) in [5.74, 6) is -0.474. The molecule has 0 bridgehead atoms. The Bertz CT molecular complexity index is 192. The van der Waals surface area contributed by atoms with Crippen LogP contribution in [0.1, 0.15) is 0 Å². The lowest BCUT2D eigenvalue weighted by Gasteiger charge is -2.28. The number of aliphatic hydroxyl groups excluding tert-OH is 1. The second kappa shape index (κ2) is 2.87. The molecule has 0 radical (unpaired) electrons. The summed E-state index contributed by atoms with van der Waals surface area (Å²) in [6.45, 7) is -0.260. The van der Waals surface area contributed by atoms with Crippen LogP contribution in [0.25, 0.3) is 0 Å². The smallest absolute Gasteiger partial charge is 0.247 e. The molecule has 1 aliphatic rings. The number of hydrogen-bond donors (Lipinski definition) is 2. The fraction of sp³-hybridized carbons (Fsp3) is 0.667. The van der Waals surface area contributed by atoms with E-state index in [0.29, 0.717) is 0 Å². The van der Waals surface area contributed by atoms with Crippen molar-refractivity contribution in [2.24, 2.45) is 0 Å². The van der Waals surface area contributed by atoms with E-state index in [9.17, 15) is 9.59 Å². The van der Waals surface area contributed by atoms with Gasteiger partial charge in [-0.1, -0.05) is 0 Å². The van der Waals surface area contributed by atoms with Gasteiger partial charge in [0.25, 0.3) is 0 Å². The van der Waals surface area contributed by atoms with E-state index < -0.39 is 6.04 Å². The first-order valence-electron chi connectivity index (χ1n) is 3.30. The number of aliphatic hydroxyl groups is 1. The van der Waals surface area contributed by atoms with Gasteiger partial charge < -0.3 is 15.3 Å². The molecule has 1 saturated heterocycles. The number of hydrogen-bond acceptors (Lipinski definition) is 3. The summed E-state index contributed by atoms with van der Waals surface area (Å²) in [5.41, 5.74) is 0. The van der Waals surface area contributed by atoms with Crippen LogP contribution in [0.3, 0.4) is 0 Å². The standard InChI is InChI=1S/C6H10N2O3/c1-8-2-5(10)7-4(3-9)6(8)11/h4,9H,2-3H2,1H3,(H,7,10)/t4-/m0/s1. The molecule has 0 aliphatic carbocycles. The van der Waals surface area contributed by atoms with Gasteiger partial charge in [0, 0.05) is 7.05 Å². The Labute approximate surface area is 64.0 Å². The first kappa shape index (κ1) is 8.00. The lowest BCUT2D eigenvalue weighted by molar-refractivity contribution is -0.143. The summed E-state index contributed by atoms with van der Waals surface area (Å²) < 4.78 is 0. The van der Waals surface area contributed by atoms with Crippen LogP contribution in [0.4, 0.5) is 0 Å². The molecule has 1 aliphatic heterocycles. The zero-order chi connectivity index (χ0) is 8.43. The van der Waals surface area contributed by atoms with Gasteiger partial charge in [-0.3, -0.25) is 9.59 Å². The molecule has 2 N–H and O–H groups in total. The van der Waals surface area contributed by atoms with E-state index in [0.717, 1.165) is 0 Å².